The van der Waals surface area contributed by atoms with Gasteiger partial charge in [-0.3, -0.25) is 10.6 Å². The molecule has 1 fully saturated rings. The third-order valence-corrected chi connectivity index (χ3v) is 1.85. The summed E-state index contributed by atoms with van der Waals surface area (Å²) in [6.45, 7) is 2.00. The van der Waals surface area contributed by atoms with E-state index in [1.807, 2.05) is 6.07 Å². The Balaban J connectivity index is 2.41. The van der Waals surface area contributed by atoms with Crippen LogP contribution < -0.4 is 10.6 Å². The van der Waals surface area contributed by atoms with E-state index in [2.05, 4.69) is 10.6 Å². The second kappa shape index (κ2) is 3.16. The largest absolute Gasteiger partial charge is 0.299 e. The molecule has 1 aliphatic rings. The molecule has 1 heterocycles. The minimum Gasteiger partial charge on any atom is -0.299 e. The number of alkyl halides is 1. The third-order valence-electron chi connectivity index (χ3n) is 1.85. The van der Waals surface area contributed by atoms with Crippen molar-refractivity contribution in [2.75, 3.05) is 13.2 Å². The molecule has 0 aromatic rings. The molecule has 2 atom stereocenters. The monoisotopic (exact) mass is 157 g/mol. The molecule has 0 spiro atoms. The van der Waals surface area contributed by atoms with E-state index < -0.39 is 12.2 Å². The lowest BCUT2D eigenvalue weighted by molar-refractivity contribution is 0.302. The predicted molar refractivity (Wildman–Crippen MR) is 39.5 cm³/mol. The van der Waals surface area contributed by atoms with Gasteiger partial charge in [0.05, 0.1) is 24.2 Å². The maximum Gasteiger partial charge on any atom is 0.109 e. The number of nitriles is 1. The first-order valence-corrected chi connectivity index (χ1v) is 3.64. The van der Waals surface area contributed by atoms with Gasteiger partial charge in [-0.2, -0.15) is 5.26 Å². The summed E-state index contributed by atoms with van der Waals surface area (Å²) < 4.78 is 12.3. The maximum absolute atomic E-state index is 12.3. The topological polar surface area (TPSA) is 47.9 Å². The van der Waals surface area contributed by atoms with Crippen molar-refractivity contribution < 1.29 is 4.39 Å². The second-order valence-corrected chi connectivity index (χ2v) is 3.13. The van der Waals surface area contributed by atoms with Gasteiger partial charge in [-0.1, -0.05) is 0 Å². The second-order valence-electron chi connectivity index (χ2n) is 3.13. The van der Waals surface area contributed by atoms with Crippen molar-refractivity contribution in [2.45, 2.75) is 25.0 Å². The quantitative estimate of drug-likeness (QED) is 0.599. The van der Waals surface area contributed by atoms with Gasteiger partial charge in [0.1, 0.15) is 6.67 Å². The van der Waals surface area contributed by atoms with E-state index in [0.717, 1.165) is 0 Å². The summed E-state index contributed by atoms with van der Waals surface area (Å²) in [7, 11) is 0. The van der Waals surface area contributed by atoms with Crippen molar-refractivity contribution in [3.05, 3.63) is 0 Å². The van der Waals surface area contributed by atoms with Crippen LogP contribution in [0.1, 0.15) is 13.3 Å². The van der Waals surface area contributed by atoms with Crippen LogP contribution in [-0.2, 0) is 0 Å². The van der Waals surface area contributed by atoms with Crippen LogP contribution in [0.5, 0.6) is 0 Å². The van der Waals surface area contributed by atoms with E-state index in [-0.39, 0.29) is 6.17 Å². The number of halogens is 1. The summed E-state index contributed by atoms with van der Waals surface area (Å²) in [4.78, 5) is 0. The molecular weight excluding hydrogens is 145 g/mol. The van der Waals surface area contributed by atoms with Gasteiger partial charge in [0.2, 0.25) is 0 Å². The molecule has 0 amide bonds. The fourth-order valence-corrected chi connectivity index (χ4v) is 1.17. The molecule has 1 aliphatic heterocycles. The van der Waals surface area contributed by atoms with Crippen molar-refractivity contribution in [1.29, 1.82) is 5.26 Å². The van der Waals surface area contributed by atoms with Crippen LogP contribution in [0.25, 0.3) is 0 Å². The van der Waals surface area contributed by atoms with Crippen molar-refractivity contribution in [3.63, 3.8) is 0 Å². The Morgan fingerprint density at radius 2 is 2.55 bits per heavy atom. The molecule has 3 nitrogen and oxygen atoms in total. The zero-order valence-electron chi connectivity index (χ0n) is 6.52. The average molecular weight is 157 g/mol. The van der Waals surface area contributed by atoms with Crippen LogP contribution >= 0.6 is 0 Å². The first-order valence-electron chi connectivity index (χ1n) is 3.64. The van der Waals surface area contributed by atoms with E-state index in [4.69, 9.17) is 5.26 Å². The van der Waals surface area contributed by atoms with Crippen LogP contribution in [0.2, 0.25) is 0 Å². The van der Waals surface area contributed by atoms with E-state index >= 15 is 0 Å². The van der Waals surface area contributed by atoms with Crippen molar-refractivity contribution in [1.82, 2.24) is 10.6 Å². The summed E-state index contributed by atoms with van der Waals surface area (Å²) >= 11 is 0. The number of rotatable bonds is 2. The number of hydrogen-bond donors (Lipinski definition) is 2. The maximum atomic E-state index is 12.3. The highest BCUT2D eigenvalue weighted by Crippen LogP contribution is 2.11. The summed E-state index contributed by atoms with van der Waals surface area (Å²) in [6.07, 6.45) is 0.344. The average Bonchev–Trinajstić information content (AvgIpc) is 2.35. The number of hydrogen-bond acceptors (Lipinski definition) is 3. The van der Waals surface area contributed by atoms with Crippen LogP contribution in [0.3, 0.4) is 0 Å². The van der Waals surface area contributed by atoms with E-state index in [1.165, 1.54) is 0 Å². The molecule has 4 heteroatoms. The first-order chi connectivity index (χ1) is 5.20. The first kappa shape index (κ1) is 8.44. The molecule has 0 saturated carbocycles. The zero-order chi connectivity index (χ0) is 8.32. The third kappa shape index (κ3) is 1.88. The van der Waals surface area contributed by atoms with Gasteiger partial charge >= 0.3 is 0 Å². The zero-order valence-corrected chi connectivity index (χ0v) is 6.52. The smallest absolute Gasteiger partial charge is 0.109 e. The SMILES string of the molecule is CC1(CF)CNC(CC#N)N1. The van der Waals surface area contributed by atoms with Crippen molar-refractivity contribution in [3.8, 4) is 6.07 Å². The minimum atomic E-state index is -0.471. The highest BCUT2D eigenvalue weighted by molar-refractivity contribution is 4.97. The lowest BCUT2D eigenvalue weighted by Gasteiger charge is -2.19. The van der Waals surface area contributed by atoms with Gasteiger partial charge in [0.25, 0.3) is 0 Å². The Bertz CT molecular complexity index is 177. The van der Waals surface area contributed by atoms with E-state index in [0.29, 0.717) is 13.0 Å². The lowest BCUT2D eigenvalue weighted by atomic mass is 10.1. The molecular formula is C7H12FN3. The molecule has 0 radical (unpaired) electrons. The number of nitrogens with zero attached hydrogens (tertiary/aromatic N) is 1. The molecule has 2 N–H and O–H groups in total. The Labute approximate surface area is 65.6 Å². The molecule has 0 aromatic heterocycles. The number of nitrogens with one attached hydrogen (secondary N) is 2. The molecule has 1 saturated heterocycles. The Hall–Kier alpha value is -0.660. The normalized spacial score (nSPS) is 37.0. The van der Waals surface area contributed by atoms with Crippen molar-refractivity contribution >= 4 is 0 Å². The van der Waals surface area contributed by atoms with Crippen LogP contribution in [-0.4, -0.2) is 24.9 Å². The molecule has 62 valence electrons. The molecule has 0 bridgehead atoms. The van der Waals surface area contributed by atoms with Gasteiger partial charge < -0.3 is 0 Å². The molecule has 11 heavy (non-hydrogen) atoms. The van der Waals surface area contributed by atoms with Crippen LogP contribution in [0, 0.1) is 11.3 Å². The predicted octanol–water partition coefficient (Wildman–Crippen LogP) is 0.147. The Kier molecular flexibility index (Phi) is 2.42. The molecule has 0 aromatic carbocycles. The van der Waals surface area contributed by atoms with Gasteiger partial charge in [0.15, 0.2) is 0 Å². The highest BCUT2D eigenvalue weighted by atomic mass is 19.1. The Morgan fingerprint density at radius 1 is 1.82 bits per heavy atom. The van der Waals surface area contributed by atoms with E-state index in [9.17, 15) is 4.39 Å². The van der Waals surface area contributed by atoms with Gasteiger partial charge in [0, 0.05) is 6.54 Å². The van der Waals surface area contributed by atoms with Crippen LogP contribution in [0.15, 0.2) is 0 Å². The molecule has 2 unspecified atom stereocenters. The standard InChI is InChI=1S/C7H12FN3/c1-7(4-8)5-10-6(11-7)2-3-9/h6,10-11H,2,4-5H2,1H3. The molecule has 0 aliphatic carbocycles. The fourth-order valence-electron chi connectivity index (χ4n) is 1.17. The van der Waals surface area contributed by atoms with Gasteiger partial charge in [-0.25, -0.2) is 4.39 Å². The molecule has 1 rings (SSSR count). The summed E-state index contributed by atoms with van der Waals surface area (Å²) in [5.74, 6) is 0. The highest BCUT2D eigenvalue weighted by Gasteiger charge is 2.33. The fraction of sp³-hybridized carbons (Fsp3) is 0.857. The summed E-state index contributed by atoms with van der Waals surface area (Å²) in [5, 5.41) is 14.4. The van der Waals surface area contributed by atoms with Gasteiger partial charge in [-0.05, 0) is 6.92 Å². The van der Waals surface area contributed by atoms with Gasteiger partial charge in [-0.15, -0.1) is 0 Å². The Morgan fingerprint density at radius 3 is 3.00 bits per heavy atom. The minimum absolute atomic E-state index is 0.0410. The summed E-state index contributed by atoms with van der Waals surface area (Å²) in [5.41, 5.74) is -0.471. The van der Waals surface area contributed by atoms with Crippen LogP contribution in [0.4, 0.5) is 4.39 Å². The van der Waals surface area contributed by atoms with Crippen molar-refractivity contribution in [2.24, 2.45) is 0 Å². The summed E-state index contributed by atoms with van der Waals surface area (Å²) in [6, 6.07) is 2.02. The van der Waals surface area contributed by atoms with E-state index in [1.54, 1.807) is 6.92 Å². The lowest BCUT2D eigenvalue weighted by Crippen LogP contribution is -2.44.